The van der Waals surface area contributed by atoms with Crippen LogP contribution >= 0.6 is 11.8 Å². The van der Waals surface area contributed by atoms with Gasteiger partial charge in [-0.05, 0) is 44.4 Å². The number of thioether (sulfide) groups is 1. The molecule has 1 saturated carbocycles. The number of amides is 1. The Morgan fingerprint density at radius 2 is 1.90 bits per heavy atom. The molecule has 7 heteroatoms. The van der Waals surface area contributed by atoms with Crippen molar-refractivity contribution in [3.05, 3.63) is 66.0 Å². The molecule has 150 valence electrons. The zero-order valence-electron chi connectivity index (χ0n) is 16.5. The Morgan fingerprint density at radius 3 is 2.62 bits per heavy atom. The van der Waals surface area contributed by atoms with Crippen molar-refractivity contribution < 1.29 is 9.53 Å². The number of rotatable bonds is 8. The Bertz CT molecular complexity index is 985. The molecule has 1 aromatic heterocycles. The topological polar surface area (TPSA) is 69.0 Å². The highest BCUT2D eigenvalue weighted by Crippen LogP contribution is 2.42. The summed E-state index contributed by atoms with van der Waals surface area (Å²) in [6.07, 6.45) is 2.27. The molecule has 1 aliphatic carbocycles. The van der Waals surface area contributed by atoms with E-state index < -0.39 is 5.25 Å². The Balaban J connectivity index is 1.62. The molecule has 0 aliphatic heterocycles. The van der Waals surface area contributed by atoms with Gasteiger partial charge in [-0.2, -0.15) is 0 Å². The van der Waals surface area contributed by atoms with Gasteiger partial charge < -0.3 is 14.6 Å². The quantitative estimate of drug-likeness (QED) is 0.543. The van der Waals surface area contributed by atoms with E-state index >= 15 is 0 Å². The van der Waals surface area contributed by atoms with E-state index in [9.17, 15) is 4.79 Å². The highest BCUT2D eigenvalue weighted by Gasteiger charge is 2.31. The van der Waals surface area contributed by atoms with Gasteiger partial charge in [-0.15, -0.1) is 10.2 Å². The predicted molar refractivity (Wildman–Crippen MR) is 114 cm³/mol. The first-order valence-corrected chi connectivity index (χ1v) is 10.7. The minimum Gasteiger partial charge on any atom is -0.492 e. The lowest BCUT2D eigenvalue weighted by molar-refractivity contribution is -0.115. The number of aromatic nitrogens is 3. The van der Waals surface area contributed by atoms with Crippen LogP contribution in [0.25, 0.3) is 0 Å². The average Bonchev–Trinajstić information content (AvgIpc) is 3.51. The number of anilines is 1. The van der Waals surface area contributed by atoms with E-state index in [1.54, 1.807) is 0 Å². The van der Waals surface area contributed by atoms with Crippen LogP contribution in [0.3, 0.4) is 0 Å². The fraction of sp³-hybridized carbons (Fsp3) is 0.318. The van der Waals surface area contributed by atoms with Gasteiger partial charge in [-0.25, -0.2) is 0 Å². The first kappa shape index (κ1) is 19.5. The molecule has 4 rings (SSSR count). The molecule has 1 heterocycles. The van der Waals surface area contributed by atoms with E-state index in [2.05, 4.69) is 20.1 Å². The highest BCUT2D eigenvalue weighted by molar-refractivity contribution is 8.00. The smallest absolute Gasteiger partial charge is 0.242 e. The molecule has 0 spiro atoms. The zero-order chi connectivity index (χ0) is 20.2. The van der Waals surface area contributed by atoms with Crippen LogP contribution in [0.1, 0.15) is 42.4 Å². The molecule has 1 amide bonds. The van der Waals surface area contributed by atoms with E-state index in [-0.39, 0.29) is 5.91 Å². The predicted octanol–water partition coefficient (Wildman–Crippen LogP) is 4.79. The third kappa shape index (κ3) is 4.45. The summed E-state index contributed by atoms with van der Waals surface area (Å²) in [5, 5.41) is 12.0. The molecule has 1 atom stereocenters. The second kappa shape index (κ2) is 8.69. The maximum absolute atomic E-state index is 13.3. The molecule has 1 aliphatic rings. The van der Waals surface area contributed by atoms with E-state index in [0.717, 1.165) is 29.4 Å². The summed E-state index contributed by atoms with van der Waals surface area (Å²) >= 11 is 1.44. The van der Waals surface area contributed by atoms with Crippen molar-refractivity contribution in [2.24, 2.45) is 0 Å². The van der Waals surface area contributed by atoms with Crippen molar-refractivity contribution in [3.8, 4) is 5.75 Å². The number of hydrogen-bond acceptors (Lipinski definition) is 5. The summed E-state index contributed by atoms with van der Waals surface area (Å²) in [7, 11) is 0. The maximum Gasteiger partial charge on any atom is 0.242 e. The summed E-state index contributed by atoms with van der Waals surface area (Å²) in [5.41, 5.74) is 1.59. The summed E-state index contributed by atoms with van der Waals surface area (Å²) in [4.78, 5) is 13.3. The van der Waals surface area contributed by atoms with Crippen molar-refractivity contribution in [1.82, 2.24) is 14.8 Å². The SMILES string of the molecule is CCOc1ccccc1NC(=O)[C@H](Sc1nnc(C)n1C1CC1)c1ccccc1. The van der Waals surface area contributed by atoms with Crippen LogP contribution in [0.2, 0.25) is 0 Å². The monoisotopic (exact) mass is 408 g/mol. The maximum atomic E-state index is 13.3. The number of carbonyl (C=O) groups is 1. The molecule has 6 nitrogen and oxygen atoms in total. The molecule has 1 fully saturated rings. The van der Waals surface area contributed by atoms with E-state index in [4.69, 9.17) is 4.74 Å². The number of nitrogens with zero attached hydrogens (tertiary/aromatic N) is 3. The second-order valence-corrected chi connectivity index (χ2v) is 8.03. The molecular formula is C22H24N4O2S. The van der Waals surface area contributed by atoms with E-state index in [0.29, 0.717) is 24.1 Å². The summed E-state index contributed by atoms with van der Waals surface area (Å²) in [5.74, 6) is 1.44. The van der Waals surface area contributed by atoms with Crippen LogP contribution in [0.5, 0.6) is 5.75 Å². The summed E-state index contributed by atoms with van der Waals surface area (Å²) in [6, 6.07) is 17.7. The molecule has 0 saturated heterocycles. The Morgan fingerprint density at radius 1 is 1.17 bits per heavy atom. The van der Waals surface area contributed by atoms with Crippen molar-refractivity contribution in [3.63, 3.8) is 0 Å². The molecule has 3 aromatic rings. The number of benzene rings is 2. The molecular weight excluding hydrogens is 384 g/mol. The standard InChI is InChI=1S/C22H24N4O2S/c1-3-28-19-12-8-7-11-18(19)23-21(27)20(16-9-5-4-6-10-16)29-22-25-24-15(2)26(22)17-13-14-17/h4-12,17,20H,3,13-14H2,1-2H3,(H,23,27)/t20-/m1/s1. The van der Waals surface area contributed by atoms with Gasteiger partial charge in [-0.3, -0.25) is 4.79 Å². The number of hydrogen-bond donors (Lipinski definition) is 1. The van der Waals surface area contributed by atoms with Crippen LogP contribution in [-0.4, -0.2) is 27.3 Å². The second-order valence-electron chi connectivity index (χ2n) is 6.96. The lowest BCUT2D eigenvalue weighted by Crippen LogP contribution is -2.20. The molecule has 2 aromatic carbocycles. The van der Waals surface area contributed by atoms with Crippen LogP contribution in [0.15, 0.2) is 59.8 Å². The van der Waals surface area contributed by atoms with Crippen LogP contribution in [-0.2, 0) is 4.79 Å². The Kier molecular flexibility index (Phi) is 5.85. The fourth-order valence-corrected chi connectivity index (χ4v) is 4.39. The third-order valence-corrected chi connectivity index (χ3v) is 5.97. The molecule has 29 heavy (non-hydrogen) atoms. The number of ether oxygens (including phenoxy) is 1. The molecule has 0 radical (unpaired) electrons. The lowest BCUT2D eigenvalue weighted by Gasteiger charge is -2.18. The normalized spacial score (nSPS) is 14.4. The van der Waals surface area contributed by atoms with Gasteiger partial charge in [-0.1, -0.05) is 54.2 Å². The third-order valence-electron chi connectivity index (χ3n) is 4.76. The molecule has 0 unspecified atom stereocenters. The first-order valence-electron chi connectivity index (χ1n) is 9.83. The fourth-order valence-electron chi connectivity index (χ4n) is 3.24. The average molecular weight is 409 g/mol. The zero-order valence-corrected chi connectivity index (χ0v) is 17.4. The van der Waals surface area contributed by atoms with Crippen molar-refractivity contribution >= 4 is 23.4 Å². The van der Waals surface area contributed by atoms with Gasteiger partial charge in [0.25, 0.3) is 0 Å². The number of para-hydroxylation sites is 2. The lowest BCUT2D eigenvalue weighted by atomic mass is 10.1. The number of aryl methyl sites for hydroxylation is 1. The molecule has 1 N–H and O–H groups in total. The van der Waals surface area contributed by atoms with Crippen molar-refractivity contribution in [2.45, 2.75) is 43.1 Å². The van der Waals surface area contributed by atoms with E-state index in [1.165, 1.54) is 11.8 Å². The van der Waals surface area contributed by atoms with Gasteiger partial charge in [0, 0.05) is 6.04 Å². The Labute approximate surface area is 174 Å². The Hall–Kier alpha value is -2.80. The van der Waals surface area contributed by atoms with Crippen LogP contribution in [0, 0.1) is 6.92 Å². The van der Waals surface area contributed by atoms with Gasteiger partial charge in [0.05, 0.1) is 12.3 Å². The number of carbonyl (C=O) groups excluding carboxylic acids is 1. The van der Waals surface area contributed by atoms with Gasteiger partial charge in [0.1, 0.15) is 16.8 Å². The summed E-state index contributed by atoms with van der Waals surface area (Å²) < 4.78 is 7.81. The van der Waals surface area contributed by atoms with Crippen LogP contribution < -0.4 is 10.1 Å². The first-order chi connectivity index (χ1) is 14.2. The van der Waals surface area contributed by atoms with Gasteiger partial charge in [0.2, 0.25) is 5.91 Å². The molecule has 0 bridgehead atoms. The largest absolute Gasteiger partial charge is 0.492 e. The van der Waals surface area contributed by atoms with Crippen molar-refractivity contribution in [2.75, 3.05) is 11.9 Å². The summed E-state index contributed by atoms with van der Waals surface area (Å²) in [6.45, 7) is 4.42. The highest BCUT2D eigenvalue weighted by atomic mass is 32.2. The van der Waals surface area contributed by atoms with Crippen LogP contribution in [0.4, 0.5) is 5.69 Å². The van der Waals surface area contributed by atoms with Gasteiger partial charge >= 0.3 is 0 Å². The minimum atomic E-state index is -0.452. The van der Waals surface area contributed by atoms with Crippen molar-refractivity contribution in [1.29, 1.82) is 0 Å². The van der Waals surface area contributed by atoms with E-state index in [1.807, 2.05) is 68.4 Å². The van der Waals surface area contributed by atoms with Gasteiger partial charge in [0.15, 0.2) is 5.16 Å². The minimum absolute atomic E-state index is 0.114. The number of nitrogens with one attached hydrogen (secondary N) is 1.